The average molecular weight is 365 g/mol. The van der Waals surface area contributed by atoms with Crippen LogP contribution in [0.4, 0.5) is 0 Å². The molecule has 0 bridgehead atoms. The zero-order chi connectivity index (χ0) is 19.2. The van der Waals surface area contributed by atoms with Gasteiger partial charge in [-0.25, -0.2) is 0 Å². The Morgan fingerprint density at radius 3 is 2.26 bits per heavy atom. The Labute approximate surface area is 164 Å². The van der Waals surface area contributed by atoms with Gasteiger partial charge < -0.3 is 4.90 Å². The van der Waals surface area contributed by atoms with Crippen LogP contribution in [0.5, 0.6) is 0 Å². The van der Waals surface area contributed by atoms with Gasteiger partial charge in [-0.2, -0.15) is 0 Å². The zero-order valence-corrected chi connectivity index (χ0v) is 16.8. The molecule has 3 nitrogen and oxygen atoms in total. The van der Waals surface area contributed by atoms with E-state index < -0.39 is 0 Å². The topological polar surface area (TPSA) is 23.6 Å². The van der Waals surface area contributed by atoms with Gasteiger partial charge in [0.05, 0.1) is 0 Å². The van der Waals surface area contributed by atoms with Crippen LogP contribution in [0, 0.1) is 11.8 Å². The number of hydrogen-bond acceptors (Lipinski definition) is 2. The minimum absolute atomic E-state index is 0.192. The Morgan fingerprint density at radius 1 is 1.04 bits per heavy atom. The largest absolute Gasteiger partial charge is 0.342 e. The minimum atomic E-state index is 0.192. The van der Waals surface area contributed by atoms with Crippen molar-refractivity contribution in [3.63, 3.8) is 0 Å². The lowest BCUT2D eigenvalue weighted by atomic mass is 9.88. The van der Waals surface area contributed by atoms with Gasteiger partial charge in [0.2, 0.25) is 5.91 Å². The summed E-state index contributed by atoms with van der Waals surface area (Å²) in [7, 11) is 0. The molecule has 2 atom stereocenters. The summed E-state index contributed by atoms with van der Waals surface area (Å²) >= 11 is 0. The van der Waals surface area contributed by atoms with E-state index in [9.17, 15) is 4.79 Å². The number of hydrogen-bond donors (Lipinski definition) is 0. The molecule has 1 amide bonds. The van der Waals surface area contributed by atoms with E-state index in [2.05, 4.69) is 84.3 Å². The average Bonchev–Trinajstić information content (AvgIpc) is 3.04. The highest BCUT2D eigenvalue weighted by Crippen LogP contribution is 2.34. The van der Waals surface area contributed by atoms with Crippen molar-refractivity contribution >= 4 is 5.91 Å². The van der Waals surface area contributed by atoms with Crippen LogP contribution in [0.15, 0.2) is 60.7 Å². The molecule has 0 aromatic heterocycles. The van der Waals surface area contributed by atoms with Gasteiger partial charge in [-0.05, 0) is 23.0 Å². The summed E-state index contributed by atoms with van der Waals surface area (Å²) in [5.74, 6) is 1.63. The standard InChI is InChI=1S/C24H32N2O/c1-19(2)14-26(20(3)27)17-23-16-25(15-21-10-6-4-7-11-21)18-24(23)22-12-8-5-9-13-22/h4-13,19,23-24H,14-18H2,1-3H3. The van der Waals surface area contributed by atoms with Crippen LogP contribution >= 0.6 is 0 Å². The molecule has 1 heterocycles. The highest BCUT2D eigenvalue weighted by atomic mass is 16.2. The van der Waals surface area contributed by atoms with Crippen molar-refractivity contribution in [2.45, 2.75) is 33.2 Å². The zero-order valence-electron chi connectivity index (χ0n) is 16.8. The monoisotopic (exact) mass is 364 g/mol. The summed E-state index contributed by atoms with van der Waals surface area (Å²) < 4.78 is 0. The molecule has 3 heteroatoms. The fraction of sp³-hybridized carbons (Fsp3) is 0.458. The van der Waals surface area contributed by atoms with Crippen LogP contribution < -0.4 is 0 Å². The predicted molar refractivity (Wildman–Crippen MR) is 111 cm³/mol. The minimum Gasteiger partial charge on any atom is -0.342 e. The number of amides is 1. The molecule has 1 saturated heterocycles. The fourth-order valence-electron chi connectivity index (χ4n) is 4.25. The van der Waals surface area contributed by atoms with E-state index in [1.807, 2.05) is 0 Å². The molecule has 1 fully saturated rings. The summed E-state index contributed by atoms with van der Waals surface area (Å²) in [5, 5.41) is 0. The normalized spacial score (nSPS) is 20.1. The number of rotatable bonds is 7. The van der Waals surface area contributed by atoms with Crippen molar-refractivity contribution in [1.29, 1.82) is 0 Å². The Bertz CT molecular complexity index is 714. The highest BCUT2D eigenvalue weighted by molar-refractivity contribution is 5.73. The van der Waals surface area contributed by atoms with Crippen molar-refractivity contribution in [3.05, 3.63) is 71.8 Å². The third-order valence-corrected chi connectivity index (χ3v) is 5.48. The Morgan fingerprint density at radius 2 is 1.67 bits per heavy atom. The first-order valence-electron chi connectivity index (χ1n) is 10.1. The smallest absolute Gasteiger partial charge is 0.219 e. The first-order chi connectivity index (χ1) is 13.0. The molecule has 0 saturated carbocycles. The van der Waals surface area contributed by atoms with Crippen LogP contribution in [0.25, 0.3) is 0 Å². The summed E-state index contributed by atoms with van der Waals surface area (Å²) in [6, 6.07) is 21.5. The predicted octanol–water partition coefficient (Wildman–Crippen LogP) is 4.41. The van der Waals surface area contributed by atoms with Crippen LogP contribution in [-0.4, -0.2) is 41.9 Å². The van der Waals surface area contributed by atoms with Crippen molar-refractivity contribution < 1.29 is 4.79 Å². The van der Waals surface area contributed by atoms with Crippen LogP contribution in [0.3, 0.4) is 0 Å². The van der Waals surface area contributed by atoms with E-state index in [0.717, 1.165) is 32.7 Å². The summed E-state index contributed by atoms with van der Waals surface area (Å²) in [6.07, 6.45) is 0. The second kappa shape index (κ2) is 9.18. The molecule has 144 valence electrons. The maximum atomic E-state index is 12.2. The second-order valence-electron chi connectivity index (χ2n) is 8.27. The number of carbonyl (C=O) groups excluding carboxylic acids is 1. The molecule has 2 unspecified atom stereocenters. The molecule has 0 spiro atoms. The third kappa shape index (κ3) is 5.43. The Kier molecular flexibility index (Phi) is 6.68. The summed E-state index contributed by atoms with van der Waals surface area (Å²) in [4.78, 5) is 16.8. The van der Waals surface area contributed by atoms with E-state index in [0.29, 0.717) is 17.8 Å². The molecule has 2 aromatic rings. The van der Waals surface area contributed by atoms with Gasteiger partial charge in [0.15, 0.2) is 0 Å². The van der Waals surface area contributed by atoms with Crippen LogP contribution in [-0.2, 0) is 11.3 Å². The number of carbonyl (C=O) groups is 1. The Hall–Kier alpha value is -2.13. The number of nitrogens with zero attached hydrogens (tertiary/aromatic N) is 2. The highest BCUT2D eigenvalue weighted by Gasteiger charge is 2.35. The lowest BCUT2D eigenvalue weighted by Gasteiger charge is -2.29. The number of likely N-dealkylation sites (tertiary alicyclic amines) is 1. The molecule has 0 radical (unpaired) electrons. The van der Waals surface area contributed by atoms with E-state index in [4.69, 9.17) is 0 Å². The van der Waals surface area contributed by atoms with E-state index in [1.54, 1.807) is 6.92 Å². The van der Waals surface area contributed by atoms with Crippen molar-refractivity contribution in [2.75, 3.05) is 26.2 Å². The molecule has 1 aliphatic heterocycles. The van der Waals surface area contributed by atoms with Gasteiger partial charge in [0, 0.05) is 45.6 Å². The number of benzene rings is 2. The molecule has 3 rings (SSSR count). The summed E-state index contributed by atoms with van der Waals surface area (Å²) in [6.45, 7) is 10.8. The van der Waals surface area contributed by atoms with Crippen molar-refractivity contribution in [3.8, 4) is 0 Å². The van der Waals surface area contributed by atoms with Gasteiger partial charge in [-0.1, -0.05) is 74.5 Å². The molecule has 2 aromatic carbocycles. The second-order valence-corrected chi connectivity index (χ2v) is 8.27. The van der Waals surface area contributed by atoms with Crippen molar-refractivity contribution in [1.82, 2.24) is 9.80 Å². The quantitative estimate of drug-likeness (QED) is 0.727. The molecule has 27 heavy (non-hydrogen) atoms. The lowest BCUT2D eigenvalue weighted by molar-refractivity contribution is -0.130. The SMILES string of the molecule is CC(=O)N(CC(C)C)CC1CN(Cc2ccccc2)CC1c1ccccc1. The van der Waals surface area contributed by atoms with E-state index >= 15 is 0 Å². The van der Waals surface area contributed by atoms with Gasteiger partial charge in [0.25, 0.3) is 0 Å². The van der Waals surface area contributed by atoms with Gasteiger partial charge in [-0.15, -0.1) is 0 Å². The lowest BCUT2D eigenvalue weighted by Crippen LogP contribution is -2.38. The summed E-state index contributed by atoms with van der Waals surface area (Å²) in [5.41, 5.74) is 2.75. The molecule has 0 aliphatic carbocycles. The first kappa shape index (κ1) is 19.6. The molecular formula is C24H32N2O. The van der Waals surface area contributed by atoms with Gasteiger partial charge in [0.1, 0.15) is 0 Å². The van der Waals surface area contributed by atoms with Gasteiger partial charge >= 0.3 is 0 Å². The third-order valence-electron chi connectivity index (χ3n) is 5.48. The molecule has 0 N–H and O–H groups in total. The molecular weight excluding hydrogens is 332 g/mol. The Balaban J connectivity index is 1.76. The maximum Gasteiger partial charge on any atom is 0.219 e. The van der Waals surface area contributed by atoms with Crippen molar-refractivity contribution in [2.24, 2.45) is 11.8 Å². The first-order valence-corrected chi connectivity index (χ1v) is 10.1. The van der Waals surface area contributed by atoms with Crippen LogP contribution in [0.1, 0.15) is 37.8 Å². The van der Waals surface area contributed by atoms with Crippen LogP contribution in [0.2, 0.25) is 0 Å². The fourth-order valence-corrected chi connectivity index (χ4v) is 4.25. The van der Waals surface area contributed by atoms with Gasteiger partial charge in [-0.3, -0.25) is 9.69 Å². The molecule has 1 aliphatic rings. The van der Waals surface area contributed by atoms with E-state index in [1.165, 1.54) is 11.1 Å². The maximum absolute atomic E-state index is 12.2. The van der Waals surface area contributed by atoms with E-state index in [-0.39, 0.29) is 5.91 Å².